The SMILES string of the molecule is Cc1nc2[nH]cc(C)c2nc1C. The predicted octanol–water partition coefficient (Wildman–Crippen LogP) is 1.88. The first kappa shape index (κ1) is 7.28. The molecule has 0 saturated heterocycles. The zero-order valence-electron chi connectivity index (χ0n) is 7.47. The van der Waals surface area contributed by atoms with Crippen LogP contribution in [0.2, 0.25) is 0 Å². The summed E-state index contributed by atoms with van der Waals surface area (Å²) in [7, 11) is 0. The zero-order valence-corrected chi connectivity index (χ0v) is 7.47. The molecule has 3 heteroatoms. The Hall–Kier alpha value is -1.38. The third kappa shape index (κ3) is 0.897. The summed E-state index contributed by atoms with van der Waals surface area (Å²) in [6.07, 6.45) is 1.93. The molecule has 0 spiro atoms. The summed E-state index contributed by atoms with van der Waals surface area (Å²) in [4.78, 5) is 11.9. The summed E-state index contributed by atoms with van der Waals surface area (Å²) in [6, 6.07) is 0. The lowest BCUT2D eigenvalue weighted by Crippen LogP contribution is -1.91. The lowest BCUT2D eigenvalue weighted by Gasteiger charge is -1.97. The van der Waals surface area contributed by atoms with E-state index in [9.17, 15) is 0 Å². The highest BCUT2D eigenvalue weighted by Crippen LogP contribution is 2.14. The van der Waals surface area contributed by atoms with E-state index >= 15 is 0 Å². The normalized spacial score (nSPS) is 10.9. The molecule has 0 aromatic carbocycles. The smallest absolute Gasteiger partial charge is 0.156 e. The molecule has 12 heavy (non-hydrogen) atoms. The molecule has 0 amide bonds. The lowest BCUT2D eigenvalue weighted by molar-refractivity contribution is 1.09. The molecule has 2 aromatic heterocycles. The average Bonchev–Trinajstić information content (AvgIpc) is 2.35. The highest BCUT2D eigenvalue weighted by molar-refractivity contribution is 5.74. The molecular weight excluding hydrogens is 150 g/mol. The Balaban J connectivity index is 2.87. The molecular formula is C9H11N3. The topological polar surface area (TPSA) is 41.6 Å². The number of rotatable bonds is 0. The molecule has 0 bridgehead atoms. The number of aromatic nitrogens is 3. The van der Waals surface area contributed by atoms with Gasteiger partial charge in [-0.15, -0.1) is 0 Å². The highest BCUT2D eigenvalue weighted by Gasteiger charge is 2.04. The Morgan fingerprint density at radius 1 is 1.08 bits per heavy atom. The second-order valence-electron chi connectivity index (χ2n) is 3.06. The van der Waals surface area contributed by atoms with Crippen LogP contribution < -0.4 is 0 Å². The van der Waals surface area contributed by atoms with Gasteiger partial charge in [0.25, 0.3) is 0 Å². The van der Waals surface area contributed by atoms with Crippen molar-refractivity contribution >= 4 is 11.2 Å². The van der Waals surface area contributed by atoms with Crippen LogP contribution in [0.5, 0.6) is 0 Å². The van der Waals surface area contributed by atoms with Crippen molar-refractivity contribution in [1.82, 2.24) is 15.0 Å². The number of hydrogen-bond acceptors (Lipinski definition) is 2. The summed E-state index contributed by atoms with van der Waals surface area (Å²) in [5, 5.41) is 0. The van der Waals surface area contributed by atoms with Crippen molar-refractivity contribution in [2.75, 3.05) is 0 Å². The number of aryl methyl sites for hydroxylation is 3. The van der Waals surface area contributed by atoms with E-state index in [0.717, 1.165) is 28.1 Å². The quantitative estimate of drug-likeness (QED) is 0.641. The minimum Gasteiger partial charge on any atom is -0.345 e. The average molecular weight is 161 g/mol. The van der Waals surface area contributed by atoms with Gasteiger partial charge in [-0.2, -0.15) is 0 Å². The Morgan fingerprint density at radius 2 is 1.75 bits per heavy atom. The van der Waals surface area contributed by atoms with E-state index in [-0.39, 0.29) is 0 Å². The van der Waals surface area contributed by atoms with Crippen LogP contribution in [0.4, 0.5) is 0 Å². The van der Waals surface area contributed by atoms with E-state index < -0.39 is 0 Å². The van der Waals surface area contributed by atoms with Gasteiger partial charge >= 0.3 is 0 Å². The number of hydrogen-bond donors (Lipinski definition) is 1. The number of H-pyrrole nitrogens is 1. The van der Waals surface area contributed by atoms with Gasteiger partial charge < -0.3 is 4.98 Å². The molecule has 0 atom stereocenters. The van der Waals surface area contributed by atoms with E-state index in [1.807, 2.05) is 27.0 Å². The first-order chi connectivity index (χ1) is 5.68. The number of nitrogens with one attached hydrogen (secondary N) is 1. The van der Waals surface area contributed by atoms with Crippen LogP contribution in [0.15, 0.2) is 6.20 Å². The summed E-state index contributed by atoms with van der Waals surface area (Å²) >= 11 is 0. The van der Waals surface area contributed by atoms with Crippen molar-refractivity contribution in [3.63, 3.8) is 0 Å². The lowest BCUT2D eigenvalue weighted by atomic mass is 10.3. The van der Waals surface area contributed by atoms with Gasteiger partial charge in [-0.05, 0) is 26.3 Å². The Morgan fingerprint density at radius 3 is 2.50 bits per heavy atom. The standard InChI is InChI=1S/C9H11N3/c1-5-4-10-9-8(5)11-6(2)7(3)12-9/h4H,1-3H3,(H,10,12). The van der Waals surface area contributed by atoms with Crippen molar-refractivity contribution in [2.45, 2.75) is 20.8 Å². The van der Waals surface area contributed by atoms with Crippen molar-refractivity contribution < 1.29 is 0 Å². The fraction of sp³-hybridized carbons (Fsp3) is 0.333. The van der Waals surface area contributed by atoms with Gasteiger partial charge in [-0.1, -0.05) is 0 Å². The van der Waals surface area contributed by atoms with Gasteiger partial charge in [0.1, 0.15) is 5.52 Å². The van der Waals surface area contributed by atoms with Crippen LogP contribution in [0.1, 0.15) is 17.0 Å². The maximum Gasteiger partial charge on any atom is 0.156 e. The second kappa shape index (κ2) is 2.30. The number of nitrogens with zero attached hydrogens (tertiary/aromatic N) is 2. The molecule has 0 fully saturated rings. The third-order valence-corrected chi connectivity index (χ3v) is 2.11. The van der Waals surface area contributed by atoms with E-state index in [1.165, 1.54) is 0 Å². The van der Waals surface area contributed by atoms with Crippen molar-refractivity contribution in [3.8, 4) is 0 Å². The van der Waals surface area contributed by atoms with E-state index in [1.54, 1.807) is 0 Å². The molecule has 2 aromatic rings. The minimum absolute atomic E-state index is 0.885. The Bertz CT molecular complexity index is 429. The molecule has 62 valence electrons. The van der Waals surface area contributed by atoms with Crippen LogP contribution >= 0.6 is 0 Å². The molecule has 2 rings (SSSR count). The zero-order chi connectivity index (χ0) is 8.72. The summed E-state index contributed by atoms with van der Waals surface area (Å²) < 4.78 is 0. The predicted molar refractivity (Wildman–Crippen MR) is 48.1 cm³/mol. The fourth-order valence-corrected chi connectivity index (χ4v) is 1.22. The van der Waals surface area contributed by atoms with Gasteiger partial charge in [0.15, 0.2) is 5.65 Å². The van der Waals surface area contributed by atoms with Crippen molar-refractivity contribution in [3.05, 3.63) is 23.1 Å². The Kier molecular flexibility index (Phi) is 1.40. The maximum absolute atomic E-state index is 4.44. The van der Waals surface area contributed by atoms with Gasteiger partial charge in [-0.3, -0.25) is 0 Å². The molecule has 1 N–H and O–H groups in total. The maximum atomic E-state index is 4.44. The summed E-state index contributed by atoms with van der Waals surface area (Å²) in [5.41, 5.74) is 5.02. The molecule has 0 unspecified atom stereocenters. The molecule has 0 aliphatic carbocycles. The van der Waals surface area contributed by atoms with Crippen LogP contribution in [0.3, 0.4) is 0 Å². The van der Waals surface area contributed by atoms with E-state index in [4.69, 9.17) is 0 Å². The summed E-state index contributed by atoms with van der Waals surface area (Å²) in [6.45, 7) is 5.98. The van der Waals surface area contributed by atoms with Gasteiger partial charge in [0.05, 0.1) is 11.4 Å². The van der Waals surface area contributed by atoms with Crippen LogP contribution in [0, 0.1) is 20.8 Å². The van der Waals surface area contributed by atoms with Crippen LogP contribution in [-0.4, -0.2) is 15.0 Å². The first-order valence-electron chi connectivity index (χ1n) is 3.97. The minimum atomic E-state index is 0.885. The summed E-state index contributed by atoms with van der Waals surface area (Å²) in [5.74, 6) is 0. The van der Waals surface area contributed by atoms with Crippen LogP contribution in [0.25, 0.3) is 11.2 Å². The number of aromatic amines is 1. The van der Waals surface area contributed by atoms with Crippen molar-refractivity contribution in [1.29, 1.82) is 0 Å². The molecule has 0 aliphatic rings. The number of fused-ring (bicyclic) bond motifs is 1. The second-order valence-corrected chi connectivity index (χ2v) is 3.06. The molecule has 3 nitrogen and oxygen atoms in total. The monoisotopic (exact) mass is 161 g/mol. The van der Waals surface area contributed by atoms with Gasteiger partial charge in [-0.25, -0.2) is 9.97 Å². The van der Waals surface area contributed by atoms with Crippen molar-refractivity contribution in [2.24, 2.45) is 0 Å². The highest BCUT2D eigenvalue weighted by atomic mass is 14.9. The first-order valence-corrected chi connectivity index (χ1v) is 3.97. The Labute approximate surface area is 70.9 Å². The largest absolute Gasteiger partial charge is 0.345 e. The molecule has 0 aliphatic heterocycles. The van der Waals surface area contributed by atoms with Gasteiger partial charge in [0, 0.05) is 6.20 Å². The van der Waals surface area contributed by atoms with Gasteiger partial charge in [0.2, 0.25) is 0 Å². The third-order valence-electron chi connectivity index (χ3n) is 2.11. The fourth-order valence-electron chi connectivity index (χ4n) is 1.22. The molecule has 0 saturated carbocycles. The van der Waals surface area contributed by atoms with E-state index in [2.05, 4.69) is 15.0 Å². The van der Waals surface area contributed by atoms with Crippen LogP contribution in [-0.2, 0) is 0 Å². The molecule has 2 heterocycles. The van der Waals surface area contributed by atoms with E-state index in [0.29, 0.717) is 0 Å². The molecule has 0 radical (unpaired) electrons.